The van der Waals surface area contributed by atoms with Crippen LogP contribution < -0.4 is 14.8 Å². The molecule has 1 aromatic heterocycles. The number of amides is 3. The van der Waals surface area contributed by atoms with Gasteiger partial charge in [0.1, 0.15) is 24.6 Å². The summed E-state index contributed by atoms with van der Waals surface area (Å²) in [6.45, 7) is 5.56. The first-order chi connectivity index (χ1) is 16.7. The highest BCUT2D eigenvalue weighted by atomic mass is 19.1. The van der Waals surface area contributed by atoms with Gasteiger partial charge in [0.05, 0.1) is 6.54 Å². The monoisotopic (exact) mass is 477 g/mol. The molecule has 1 saturated heterocycles. The third-order valence-electron chi connectivity index (χ3n) is 6.49. The minimum atomic E-state index is -1.36. The van der Waals surface area contributed by atoms with Crippen LogP contribution in [0, 0.1) is 19.7 Å². The summed E-state index contributed by atoms with van der Waals surface area (Å²) < 4.78 is 26.7. The van der Waals surface area contributed by atoms with Gasteiger partial charge >= 0.3 is 6.03 Å². The Labute approximate surface area is 201 Å². The van der Waals surface area contributed by atoms with Gasteiger partial charge in [-0.2, -0.15) is 0 Å². The molecule has 2 aliphatic rings. The number of halogens is 1. The lowest BCUT2D eigenvalue weighted by molar-refractivity contribution is -0.130. The molecule has 9 heteroatoms. The number of nitrogens with one attached hydrogen (secondary N) is 1. The normalized spacial score (nSPS) is 19.1. The Hall–Kier alpha value is -4.14. The van der Waals surface area contributed by atoms with E-state index in [1.165, 1.54) is 12.1 Å². The fourth-order valence-corrected chi connectivity index (χ4v) is 4.68. The van der Waals surface area contributed by atoms with Gasteiger partial charge in [0.2, 0.25) is 0 Å². The number of rotatable bonds is 5. The number of benzene rings is 2. The molecule has 5 rings (SSSR count). The van der Waals surface area contributed by atoms with Crippen molar-refractivity contribution in [2.45, 2.75) is 26.3 Å². The number of Topliss-reactive ketones (excluding diaryl/α,β-unsaturated/α-hetero) is 1. The fourth-order valence-electron chi connectivity index (χ4n) is 4.68. The molecular weight excluding hydrogens is 453 g/mol. The van der Waals surface area contributed by atoms with Gasteiger partial charge in [0.25, 0.3) is 5.91 Å². The molecular formula is C26H24FN3O5. The zero-order valence-corrected chi connectivity index (χ0v) is 19.6. The van der Waals surface area contributed by atoms with Crippen LogP contribution in [0.25, 0.3) is 5.69 Å². The third-order valence-corrected chi connectivity index (χ3v) is 6.49. The highest BCUT2D eigenvalue weighted by Crippen LogP contribution is 2.37. The number of aromatic nitrogens is 1. The number of ketones is 1. The second kappa shape index (κ2) is 8.26. The lowest BCUT2D eigenvalue weighted by Crippen LogP contribution is -2.41. The maximum Gasteiger partial charge on any atom is 0.325 e. The predicted molar refractivity (Wildman–Crippen MR) is 125 cm³/mol. The van der Waals surface area contributed by atoms with Crippen LogP contribution in [0.3, 0.4) is 0 Å². The lowest BCUT2D eigenvalue weighted by atomic mass is 9.91. The fraction of sp³-hybridized carbons (Fsp3) is 0.269. The second-order valence-corrected chi connectivity index (χ2v) is 8.83. The van der Waals surface area contributed by atoms with E-state index in [2.05, 4.69) is 5.32 Å². The van der Waals surface area contributed by atoms with Crippen molar-refractivity contribution < 1.29 is 28.2 Å². The molecule has 35 heavy (non-hydrogen) atoms. The van der Waals surface area contributed by atoms with E-state index in [1.807, 2.05) is 0 Å². The van der Waals surface area contributed by atoms with E-state index >= 15 is 0 Å². The number of fused-ring (bicyclic) bond motifs is 1. The average Bonchev–Trinajstić information content (AvgIpc) is 3.26. The number of hydrogen-bond acceptors (Lipinski definition) is 5. The van der Waals surface area contributed by atoms with E-state index in [9.17, 15) is 18.8 Å². The molecule has 2 aliphatic heterocycles. The van der Waals surface area contributed by atoms with Gasteiger partial charge < -0.3 is 19.4 Å². The van der Waals surface area contributed by atoms with E-state index in [0.717, 1.165) is 10.6 Å². The Kier molecular flexibility index (Phi) is 5.35. The van der Waals surface area contributed by atoms with Crippen molar-refractivity contribution in [1.82, 2.24) is 14.8 Å². The van der Waals surface area contributed by atoms with Crippen molar-refractivity contribution in [3.63, 3.8) is 0 Å². The first kappa shape index (κ1) is 22.6. The van der Waals surface area contributed by atoms with Crippen molar-refractivity contribution in [3.05, 3.63) is 76.9 Å². The van der Waals surface area contributed by atoms with E-state index < -0.39 is 29.8 Å². The van der Waals surface area contributed by atoms with Gasteiger partial charge in [0.15, 0.2) is 17.3 Å². The number of hydrogen-bond donors (Lipinski definition) is 1. The highest BCUT2D eigenvalue weighted by Gasteiger charge is 2.50. The van der Waals surface area contributed by atoms with Gasteiger partial charge in [-0.05, 0) is 62.7 Å². The van der Waals surface area contributed by atoms with E-state index in [4.69, 9.17) is 9.47 Å². The standard InChI is InChI=1S/C26H24FN3O5/c1-15-11-20(16(2)30(15)19-6-4-5-18(27)13-19)21(31)14-29-24(32)26(3,28-25(29)33)17-7-8-22-23(12-17)35-10-9-34-22/h4-8,11-13H,9-10,14H2,1-3H3,(H,28,33). The van der Waals surface area contributed by atoms with Gasteiger partial charge in [-0.15, -0.1) is 0 Å². The number of imide groups is 1. The van der Waals surface area contributed by atoms with Crippen molar-refractivity contribution in [2.24, 2.45) is 0 Å². The van der Waals surface area contributed by atoms with Crippen molar-refractivity contribution in [2.75, 3.05) is 19.8 Å². The third kappa shape index (κ3) is 3.73. The largest absolute Gasteiger partial charge is 0.486 e. The van der Waals surface area contributed by atoms with Crippen LogP contribution in [-0.2, 0) is 10.3 Å². The Morgan fingerprint density at radius 3 is 2.54 bits per heavy atom. The Balaban J connectivity index is 1.40. The second-order valence-electron chi connectivity index (χ2n) is 8.83. The van der Waals surface area contributed by atoms with Gasteiger partial charge in [-0.25, -0.2) is 9.18 Å². The molecule has 0 radical (unpaired) electrons. The molecule has 3 aromatic rings. The molecule has 1 N–H and O–H groups in total. The van der Waals surface area contributed by atoms with Crippen molar-refractivity contribution in [1.29, 1.82) is 0 Å². The van der Waals surface area contributed by atoms with Gasteiger partial charge in [-0.3, -0.25) is 14.5 Å². The van der Waals surface area contributed by atoms with E-state index in [0.29, 0.717) is 47.2 Å². The minimum Gasteiger partial charge on any atom is -0.486 e. The SMILES string of the molecule is Cc1cc(C(=O)CN2C(=O)NC(C)(c3ccc4c(c3)OCCO4)C2=O)c(C)n1-c1cccc(F)c1. The smallest absolute Gasteiger partial charge is 0.325 e. The first-order valence-electron chi connectivity index (χ1n) is 11.2. The maximum absolute atomic E-state index is 13.8. The molecule has 0 saturated carbocycles. The molecule has 2 aromatic carbocycles. The average molecular weight is 477 g/mol. The van der Waals surface area contributed by atoms with E-state index in [1.54, 1.807) is 61.7 Å². The van der Waals surface area contributed by atoms with Gasteiger partial charge in [-0.1, -0.05) is 12.1 Å². The summed E-state index contributed by atoms with van der Waals surface area (Å²) in [4.78, 5) is 40.3. The number of urea groups is 1. The van der Waals surface area contributed by atoms with Crippen LogP contribution >= 0.6 is 0 Å². The summed E-state index contributed by atoms with van der Waals surface area (Å²) in [5, 5.41) is 2.72. The first-order valence-corrected chi connectivity index (χ1v) is 11.2. The highest BCUT2D eigenvalue weighted by molar-refractivity contribution is 6.11. The molecule has 0 aliphatic carbocycles. The molecule has 1 fully saturated rings. The topological polar surface area (TPSA) is 89.9 Å². The van der Waals surface area contributed by atoms with Crippen molar-refractivity contribution >= 4 is 17.7 Å². The maximum atomic E-state index is 13.8. The van der Waals surface area contributed by atoms with E-state index in [-0.39, 0.29) is 5.82 Å². The molecule has 3 amide bonds. The van der Waals surface area contributed by atoms with Crippen LogP contribution in [0.15, 0.2) is 48.5 Å². The Morgan fingerprint density at radius 1 is 1.06 bits per heavy atom. The molecule has 3 heterocycles. The predicted octanol–water partition coefficient (Wildman–Crippen LogP) is 3.65. The Bertz CT molecular complexity index is 1380. The Morgan fingerprint density at radius 2 is 1.80 bits per heavy atom. The zero-order chi connectivity index (χ0) is 24.9. The number of aryl methyl sites for hydroxylation is 1. The van der Waals surface area contributed by atoms with Crippen LogP contribution in [0.2, 0.25) is 0 Å². The molecule has 8 nitrogen and oxygen atoms in total. The van der Waals surface area contributed by atoms with Crippen LogP contribution in [0.5, 0.6) is 11.5 Å². The molecule has 0 spiro atoms. The summed E-state index contributed by atoms with van der Waals surface area (Å²) in [6, 6.07) is 12.2. The summed E-state index contributed by atoms with van der Waals surface area (Å²) in [7, 11) is 0. The molecule has 1 unspecified atom stereocenters. The molecule has 180 valence electrons. The number of ether oxygens (including phenoxy) is 2. The van der Waals surface area contributed by atoms with Crippen molar-refractivity contribution in [3.8, 4) is 17.2 Å². The minimum absolute atomic E-state index is 0.361. The number of carbonyl (C=O) groups excluding carboxylic acids is 3. The van der Waals surface area contributed by atoms with Crippen LogP contribution in [0.1, 0.15) is 34.2 Å². The zero-order valence-electron chi connectivity index (χ0n) is 19.6. The number of nitrogens with zero attached hydrogens (tertiary/aromatic N) is 2. The summed E-state index contributed by atoms with van der Waals surface area (Å²) in [5.74, 6) is -0.250. The van der Waals surface area contributed by atoms with Crippen LogP contribution in [-0.4, -0.2) is 46.9 Å². The van der Waals surface area contributed by atoms with Gasteiger partial charge in [0, 0.05) is 22.6 Å². The number of carbonyl (C=O) groups is 3. The molecule has 1 atom stereocenters. The summed E-state index contributed by atoms with van der Waals surface area (Å²) in [6.07, 6.45) is 0. The molecule has 0 bridgehead atoms. The lowest BCUT2D eigenvalue weighted by Gasteiger charge is -2.25. The quantitative estimate of drug-likeness (QED) is 0.448. The summed E-state index contributed by atoms with van der Waals surface area (Å²) in [5.41, 5.74) is 1.44. The van der Waals surface area contributed by atoms with Crippen LogP contribution in [0.4, 0.5) is 9.18 Å². The summed E-state index contributed by atoms with van der Waals surface area (Å²) >= 11 is 0.